The zero-order chi connectivity index (χ0) is 21.5. The summed E-state index contributed by atoms with van der Waals surface area (Å²) in [5.74, 6) is 0.269. The standard InChI is InChI=1S/C23H21ClN2O3S/c1-15(22(27)25-18-11-9-17(24)10-12-18)30-21-8-4-6-19(14-21)26-23(28)16-5-3-7-20(13-16)29-2/h3-15H,1-2H3,(H,25,27)(H,26,28). The molecule has 0 aromatic heterocycles. The summed E-state index contributed by atoms with van der Waals surface area (Å²) < 4.78 is 5.16. The first-order chi connectivity index (χ1) is 14.4. The van der Waals surface area contributed by atoms with E-state index in [1.807, 2.05) is 25.1 Å². The number of rotatable bonds is 7. The van der Waals surface area contributed by atoms with E-state index in [2.05, 4.69) is 10.6 Å². The van der Waals surface area contributed by atoms with Gasteiger partial charge in [0.2, 0.25) is 5.91 Å². The van der Waals surface area contributed by atoms with Crippen molar-refractivity contribution in [2.45, 2.75) is 17.1 Å². The highest BCUT2D eigenvalue weighted by Gasteiger charge is 2.15. The first-order valence-electron chi connectivity index (χ1n) is 9.23. The molecule has 3 rings (SSSR count). The van der Waals surface area contributed by atoms with Crippen LogP contribution in [0.1, 0.15) is 17.3 Å². The third-order valence-corrected chi connectivity index (χ3v) is 5.56. The summed E-state index contributed by atoms with van der Waals surface area (Å²) in [6, 6.07) is 21.3. The molecule has 2 N–H and O–H groups in total. The maximum absolute atomic E-state index is 12.5. The van der Waals surface area contributed by atoms with Crippen LogP contribution in [0.2, 0.25) is 5.02 Å². The zero-order valence-electron chi connectivity index (χ0n) is 16.5. The summed E-state index contributed by atoms with van der Waals surface area (Å²) in [4.78, 5) is 25.8. The van der Waals surface area contributed by atoms with Crippen molar-refractivity contribution in [1.82, 2.24) is 0 Å². The number of methoxy groups -OCH3 is 1. The van der Waals surface area contributed by atoms with Gasteiger partial charge in [-0.1, -0.05) is 23.7 Å². The Labute approximate surface area is 184 Å². The molecule has 7 heteroatoms. The number of thioether (sulfide) groups is 1. The van der Waals surface area contributed by atoms with Crippen LogP contribution < -0.4 is 15.4 Å². The van der Waals surface area contributed by atoms with Crippen LogP contribution in [-0.2, 0) is 4.79 Å². The predicted molar refractivity (Wildman–Crippen MR) is 123 cm³/mol. The molecule has 0 aliphatic rings. The van der Waals surface area contributed by atoms with Gasteiger partial charge in [0.1, 0.15) is 5.75 Å². The second-order valence-electron chi connectivity index (χ2n) is 6.47. The number of halogens is 1. The number of carbonyl (C=O) groups excluding carboxylic acids is 2. The molecule has 2 amide bonds. The Morgan fingerprint density at radius 3 is 2.40 bits per heavy atom. The lowest BCUT2D eigenvalue weighted by Crippen LogP contribution is -2.22. The van der Waals surface area contributed by atoms with Crippen molar-refractivity contribution in [3.8, 4) is 5.75 Å². The second kappa shape index (κ2) is 10.2. The lowest BCUT2D eigenvalue weighted by atomic mass is 10.2. The molecular weight excluding hydrogens is 420 g/mol. The normalized spacial score (nSPS) is 11.4. The Morgan fingerprint density at radius 2 is 1.67 bits per heavy atom. The van der Waals surface area contributed by atoms with Crippen LogP contribution >= 0.6 is 23.4 Å². The first-order valence-corrected chi connectivity index (χ1v) is 10.5. The van der Waals surface area contributed by atoms with E-state index in [1.165, 1.54) is 11.8 Å². The molecule has 0 aliphatic heterocycles. The maximum Gasteiger partial charge on any atom is 0.255 e. The molecule has 154 valence electrons. The molecule has 3 aromatic carbocycles. The summed E-state index contributed by atoms with van der Waals surface area (Å²) in [6.07, 6.45) is 0. The van der Waals surface area contributed by atoms with Crippen LogP contribution in [0.4, 0.5) is 11.4 Å². The minimum atomic E-state index is -0.329. The summed E-state index contributed by atoms with van der Waals surface area (Å²) >= 11 is 7.28. The number of ether oxygens (including phenoxy) is 1. The fourth-order valence-electron chi connectivity index (χ4n) is 2.65. The molecule has 0 heterocycles. The Hall–Kier alpha value is -2.96. The lowest BCUT2D eigenvalue weighted by Gasteiger charge is -2.13. The highest BCUT2D eigenvalue weighted by molar-refractivity contribution is 8.00. The average molecular weight is 441 g/mol. The van der Waals surface area contributed by atoms with Crippen molar-refractivity contribution in [1.29, 1.82) is 0 Å². The van der Waals surface area contributed by atoms with E-state index < -0.39 is 0 Å². The van der Waals surface area contributed by atoms with Gasteiger partial charge >= 0.3 is 0 Å². The Bertz CT molecular complexity index is 1040. The van der Waals surface area contributed by atoms with E-state index in [4.69, 9.17) is 16.3 Å². The van der Waals surface area contributed by atoms with E-state index in [0.717, 1.165) is 4.90 Å². The zero-order valence-corrected chi connectivity index (χ0v) is 18.1. The summed E-state index contributed by atoms with van der Waals surface area (Å²) in [7, 11) is 1.56. The molecule has 0 spiro atoms. The molecule has 1 atom stereocenters. The highest BCUT2D eigenvalue weighted by Crippen LogP contribution is 2.27. The van der Waals surface area contributed by atoms with Crippen LogP contribution in [0.3, 0.4) is 0 Å². The van der Waals surface area contributed by atoms with Crippen molar-refractivity contribution in [2.24, 2.45) is 0 Å². The SMILES string of the molecule is COc1cccc(C(=O)Nc2cccc(SC(C)C(=O)Nc3ccc(Cl)cc3)c2)c1. The summed E-state index contributed by atoms with van der Waals surface area (Å²) in [5.41, 5.74) is 1.84. The smallest absolute Gasteiger partial charge is 0.255 e. The molecule has 0 radical (unpaired) electrons. The second-order valence-corrected chi connectivity index (χ2v) is 8.32. The molecular formula is C23H21ClN2O3S. The molecule has 3 aromatic rings. The van der Waals surface area contributed by atoms with Gasteiger partial charge < -0.3 is 15.4 Å². The number of anilines is 2. The maximum atomic E-state index is 12.5. The number of hydrogen-bond acceptors (Lipinski definition) is 4. The number of nitrogens with one attached hydrogen (secondary N) is 2. The van der Waals surface area contributed by atoms with Crippen molar-refractivity contribution in [3.05, 3.63) is 83.4 Å². The van der Waals surface area contributed by atoms with E-state index in [0.29, 0.717) is 27.7 Å². The van der Waals surface area contributed by atoms with Gasteiger partial charge in [0, 0.05) is 26.9 Å². The van der Waals surface area contributed by atoms with Crippen molar-refractivity contribution >= 4 is 46.6 Å². The van der Waals surface area contributed by atoms with E-state index >= 15 is 0 Å². The average Bonchev–Trinajstić information content (AvgIpc) is 2.75. The number of carbonyl (C=O) groups is 2. The van der Waals surface area contributed by atoms with E-state index in [1.54, 1.807) is 61.7 Å². The van der Waals surface area contributed by atoms with Crippen LogP contribution in [0.25, 0.3) is 0 Å². The molecule has 30 heavy (non-hydrogen) atoms. The van der Waals surface area contributed by atoms with Gasteiger partial charge in [-0.15, -0.1) is 11.8 Å². The van der Waals surface area contributed by atoms with Crippen molar-refractivity contribution in [3.63, 3.8) is 0 Å². The third kappa shape index (κ3) is 6.02. The fourth-order valence-corrected chi connectivity index (χ4v) is 3.70. The molecule has 0 aliphatic carbocycles. The van der Waals surface area contributed by atoms with Gasteiger partial charge in [-0.05, 0) is 67.6 Å². The predicted octanol–water partition coefficient (Wildman–Crippen LogP) is 5.72. The topological polar surface area (TPSA) is 67.4 Å². The van der Waals surface area contributed by atoms with Gasteiger partial charge in [-0.25, -0.2) is 0 Å². The summed E-state index contributed by atoms with van der Waals surface area (Å²) in [5, 5.41) is 6.03. The van der Waals surface area contributed by atoms with Crippen LogP contribution in [-0.4, -0.2) is 24.2 Å². The minimum absolute atomic E-state index is 0.117. The van der Waals surface area contributed by atoms with Gasteiger partial charge in [-0.3, -0.25) is 9.59 Å². The monoisotopic (exact) mass is 440 g/mol. The molecule has 0 fully saturated rings. The lowest BCUT2D eigenvalue weighted by molar-refractivity contribution is -0.115. The highest BCUT2D eigenvalue weighted by atomic mass is 35.5. The Morgan fingerprint density at radius 1 is 0.933 bits per heavy atom. The summed E-state index contributed by atoms with van der Waals surface area (Å²) in [6.45, 7) is 1.83. The fraction of sp³-hybridized carbons (Fsp3) is 0.130. The number of hydrogen-bond donors (Lipinski definition) is 2. The van der Waals surface area contributed by atoms with Gasteiger partial charge in [0.25, 0.3) is 5.91 Å². The molecule has 1 unspecified atom stereocenters. The molecule has 0 saturated heterocycles. The van der Waals surface area contributed by atoms with Crippen LogP contribution in [0.15, 0.2) is 77.7 Å². The van der Waals surface area contributed by atoms with Crippen LogP contribution in [0, 0.1) is 0 Å². The largest absolute Gasteiger partial charge is 0.497 e. The van der Waals surface area contributed by atoms with Crippen molar-refractivity contribution < 1.29 is 14.3 Å². The van der Waals surface area contributed by atoms with Crippen molar-refractivity contribution in [2.75, 3.05) is 17.7 Å². The third-order valence-electron chi connectivity index (χ3n) is 4.22. The number of benzene rings is 3. The van der Waals surface area contributed by atoms with E-state index in [-0.39, 0.29) is 17.1 Å². The van der Waals surface area contributed by atoms with Gasteiger partial charge in [-0.2, -0.15) is 0 Å². The molecule has 0 saturated carbocycles. The van der Waals surface area contributed by atoms with Crippen LogP contribution in [0.5, 0.6) is 5.75 Å². The minimum Gasteiger partial charge on any atom is -0.497 e. The number of amides is 2. The quantitative estimate of drug-likeness (QED) is 0.461. The van der Waals surface area contributed by atoms with E-state index in [9.17, 15) is 9.59 Å². The molecule has 5 nitrogen and oxygen atoms in total. The molecule has 0 bridgehead atoms. The first kappa shape index (κ1) is 21.7. The van der Waals surface area contributed by atoms with Gasteiger partial charge in [0.05, 0.1) is 12.4 Å². The Balaban J connectivity index is 1.62. The van der Waals surface area contributed by atoms with Gasteiger partial charge in [0.15, 0.2) is 0 Å². The Kier molecular flexibility index (Phi) is 7.38.